The summed E-state index contributed by atoms with van der Waals surface area (Å²) >= 11 is 1.11. The molecule has 4 aliphatic rings. The van der Waals surface area contributed by atoms with Crippen molar-refractivity contribution < 1.29 is 38.8 Å². The number of benzene rings is 1. The highest BCUT2D eigenvalue weighted by Gasteiger charge is 2.55. The number of carbonyl (C=O) groups excluding carboxylic acids is 3. The first-order valence-electron chi connectivity index (χ1n) is 14.1. The monoisotopic (exact) mass is 637 g/mol. The van der Waals surface area contributed by atoms with Crippen LogP contribution in [-0.2, 0) is 28.8 Å². The number of thiazole rings is 1. The molecule has 0 spiro atoms. The van der Waals surface area contributed by atoms with Crippen LogP contribution in [0.3, 0.4) is 0 Å². The molecular weight excluding hydrogens is 610 g/mol. The highest BCUT2D eigenvalue weighted by Crippen LogP contribution is 2.35. The van der Waals surface area contributed by atoms with Crippen molar-refractivity contribution in [1.82, 2.24) is 15.2 Å². The Labute approximate surface area is 258 Å². The SMILES string of the molecule is Nc1nc(/C(=N/OC2CCCC2)C(=O)N[C@@H]2C(=O)N3C(C(=O)O)=C(/C=C4\CCN(c5cccc([N+](=O)[O-])c5)C4=O)OC[C@H]23)cs1. The van der Waals surface area contributed by atoms with Gasteiger partial charge in [-0.1, -0.05) is 11.2 Å². The van der Waals surface area contributed by atoms with E-state index in [0.717, 1.165) is 41.9 Å². The smallest absolute Gasteiger partial charge is 0.356 e. The molecular formula is C28H27N7O9S. The molecule has 3 aliphatic heterocycles. The number of carbonyl (C=O) groups is 4. The Hall–Kier alpha value is -5.32. The van der Waals surface area contributed by atoms with E-state index in [4.69, 9.17) is 15.3 Å². The topological polar surface area (TPSA) is 220 Å². The number of nitro benzene ring substituents is 1. The Balaban J connectivity index is 1.19. The summed E-state index contributed by atoms with van der Waals surface area (Å²) in [6.45, 7) is 0.0456. The van der Waals surface area contributed by atoms with Gasteiger partial charge in [-0.05, 0) is 44.2 Å². The molecule has 1 aliphatic carbocycles. The van der Waals surface area contributed by atoms with E-state index in [2.05, 4.69) is 15.5 Å². The first kappa shape index (κ1) is 29.7. The van der Waals surface area contributed by atoms with Crippen LogP contribution in [0.1, 0.15) is 37.8 Å². The number of aliphatic carboxylic acids is 1. The maximum atomic E-state index is 13.3. The number of amides is 3. The number of hydrogen-bond acceptors (Lipinski definition) is 12. The van der Waals surface area contributed by atoms with Gasteiger partial charge in [-0.15, -0.1) is 11.3 Å². The van der Waals surface area contributed by atoms with E-state index in [1.54, 1.807) is 11.4 Å². The summed E-state index contributed by atoms with van der Waals surface area (Å²) < 4.78 is 5.75. The number of β-lactam (4-membered cyclic amide) rings is 1. The molecule has 4 N–H and O–H groups in total. The molecule has 16 nitrogen and oxygen atoms in total. The van der Waals surface area contributed by atoms with Crippen LogP contribution in [0.15, 0.2) is 57.9 Å². The Morgan fingerprint density at radius 2 is 2.07 bits per heavy atom. The minimum atomic E-state index is -1.46. The molecule has 45 heavy (non-hydrogen) atoms. The summed E-state index contributed by atoms with van der Waals surface area (Å²) in [6, 6.07) is 3.65. The first-order chi connectivity index (χ1) is 21.6. The van der Waals surface area contributed by atoms with Gasteiger partial charge in [0.25, 0.3) is 23.4 Å². The number of non-ortho nitro benzene ring substituents is 1. The standard InChI is InChI=1S/C28H27N7O9S/c29-28-30-18(13-45-28)21(32-44-17-6-1-2-7-17)24(36)31-22-19-12-43-20(23(27(39)40)34(19)26(22)38)10-14-8-9-33(25(14)37)15-4-3-5-16(11-15)35(41)42/h3-5,10-11,13,17,19,22H,1-2,6-9,12H2,(H2,29,30)(H,31,36)(H,39,40)/b14-10+,32-21-/t19-,22+/m1/s1. The van der Waals surface area contributed by atoms with Crippen LogP contribution in [0.5, 0.6) is 0 Å². The fourth-order valence-electron chi connectivity index (χ4n) is 5.69. The maximum absolute atomic E-state index is 13.3. The number of nitro groups is 1. The molecule has 0 radical (unpaired) electrons. The predicted octanol–water partition coefficient (Wildman–Crippen LogP) is 1.68. The summed E-state index contributed by atoms with van der Waals surface area (Å²) in [6.07, 6.45) is 4.92. The van der Waals surface area contributed by atoms with Gasteiger partial charge >= 0.3 is 5.97 Å². The molecule has 2 atom stereocenters. The van der Waals surface area contributed by atoms with Crippen molar-refractivity contribution in [2.75, 3.05) is 23.8 Å². The lowest BCUT2D eigenvalue weighted by atomic mass is 9.92. The van der Waals surface area contributed by atoms with Gasteiger partial charge in [0.1, 0.15) is 30.5 Å². The fourth-order valence-corrected chi connectivity index (χ4v) is 6.24. The van der Waals surface area contributed by atoms with Gasteiger partial charge in [0.2, 0.25) is 0 Å². The van der Waals surface area contributed by atoms with Crippen LogP contribution in [0.4, 0.5) is 16.5 Å². The van der Waals surface area contributed by atoms with Gasteiger partial charge in [0.05, 0.1) is 10.6 Å². The van der Waals surface area contributed by atoms with Crippen LogP contribution in [0, 0.1) is 10.1 Å². The summed E-state index contributed by atoms with van der Waals surface area (Å²) in [7, 11) is 0. The van der Waals surface area contributed by atoms with Gasteiger partial charge < -0.3 is 30.6 Å². The number of hydrogen-bond donors (Lipinski definition) is 3. The van der Waals surface area contributed by atoms with Crippen molar-refractivity contribution in [3.63, 3.8) is 0 Å². The number of aromatic nitrogens is 1. The Morgan fingerprint density at radius 3 is 2.76 bits per heavy atom. The lowest BCUT2D eigenvalue weighted by molar-refractivity contribution is -0.384. The van der Waals surface area contributed by atoms with E-state index in [-0.39, 0.29) is 59.2 Å². The van der Waals surface area contributed by atoms with E-state index in [9.17, 15) is 34.4 Å². The Bertz CT molecular complexity index is 1690. The second-order valence-electron chi connectivity index (χ2n) is 10.7. The second kappa shape index (κ2) is 12.0. The third-order valence-corrected chi connectivity index (χ3v) is 8.62. The first-order valence-corrected chi connectivity index (χ1v) is 15.0. The van der Waals surface area contributed by atoms with Crippen LogP contribution < -0.4 is 16.0 Å². The molecule has 234 valence electrons. The number of nitrogens with one attached hydrogen (secondary N) is 1. The molecule has 3 amide bonds. The normalized spacial score (nSPS) is 22.8. The molecule has 4 heterocycles. The number of ether oxygens (including phenoxy) is 1. The van der Waals surface area contributed by atoms with Crippen molar-refractivity contribution in [1.29, 1.82) is 0 Å². The van der Waals surface area contributed by atoms with E-state index >= 15 is 0 Å². The number of nitrogens with zero attached hydrogens (tertiary/aromatic N) is 5. The third-order valence-electron chi connectivity index (χ3n) is 7.95. The van der Waals surface area contributed by atoms with Gasteiger partial charge in [0.15, 0.2) is 22.3 Å². The third kappa shape index (κ3) is 5.68. The summed E-state index contributed by atoms with van der Waals surface area (Å²) in [4.78, 5) is 74.7. The van der Waals surface area contributed by atoms with Gasteiger partial charge in [-0.2, -0.15) is 0 Å². The molecule has 2 saturated heterocycles. The van der Waals surface area contributed by atoms with Gasteiger partial charge in [-0.25, -0.2) is 9.78 Å². The Morgan fingerprint density at radius 1 is 1.29 bits per heavy atom. The van der Waals surface area contributed by atoms with E-state index in [0.29, 0.717) is 5.69 Å². The average Bonchev–Trinajstić information content (AvgIpc) is 3.78. The number of anilines is 2. The minimum absolute atomic E-state index is 0.141. The molecule has 2 aromatic rings. The molecule has 3 fully saturated rings. The van der Waals surface area contributed by atoms with Crippen LogP contribution in [0.2, 0.25) is 0 Å². The molecule has 17 heteroatoms. The number of oxime groups is 1. The molecule has 6 rings (SSSR count). The van der Waals surface area contributed by atoms with E-state index in [1.165, 1.54) is 29.2 Å². The van der Waals surface area contributed by atoms with E-state index in [1.807, 2.05) is 0 Å². The number of nitrogen functional groups attached to an aromatic ring is 1. The van der Waals surface area contributed by atoms with Crippen LogP contribution in [0.25, 0.3) is 0 Å². The second-order valence-corrected chi connectivity index (χ2v) is 11.6. The number of carboxylic acid groups (broad SMARTS) is 1. The zero-order valence-corrected chi connectivity index (χ0v) is 24.4. The number of nitrogens with two attached hydrogens (primary N) is 1. The van der Waals surface area contributed by atoms with E-state index < -0.39 is 46.4 Å². The number of fused-ring (bicyclic) bond motifs is 1. The van der Waals surface area contributed by atoms with Crippen molar-refractivity contribution in [3.8, 4) is 0 Å². The maximum Gasteiger partial charge on any atom is 0.356 e. The Kier molecular flexibility index (Phi) is 7.92. The largest absolute Gasteiger partial charge is 0.489 e. The summed E-state index contributed by atoms with van der Waals surface area (Å²) in [5.41, 5.74) is 5.65. The zero-order valence-electron chi connectivity index (χ0n) is 23.6. The zero-order chi connectivity index (χ0) is 31.8. The fraction of sp³-hybridized carbons (Fsp3) is 0.357. The molecule has 1 aromatic carbocycles. The molecule has 1 saturated carbocycles. The molecule has 0 unspecified atom stereocenters. The molecule has 0 bridgehead atoms. The highest BCUT2D eigenvalue weighted by molar-refractivity contribution is 7.13. The average molecular weight is 638 g/mol. The minimum Gasteiger partial charge on any atom is -0.489 e. The summed E-state index contributed by atoms with van der Waals surface area (Å²) in [5, 5.41) is 29.6. The number of rotatable bonds is 9. The molecule has 1 aromatic heterocycles. The lowest BCUT2D eigenvalue weighted by Crippen LogP contribution is -2.73. The lowest BCUT2D eigenvalue weighted by Gasteiger charge is -2.49. The number of carboxylic acids is 1. The van der Waals surface area contributed by atoms with Gasteiger partial charge in [-0.3, -0.25) is 29.4 Å². The van der Waals surface area contributed by atoms with Gasteiger partial charge in [0, 0.05) is 29.6 Å². The quantitative estimate of drug-likeness (QED) is 0.118. The van der Waals surface area contributed by atoms with Crippen LogP contribution in [-0.4, -0.2) is 80.7 Å². The van der Waals surface area contributed by atoms with Crippen molar-refractivity contribution in [2.45, 2.75) is 50.3 Å². The van der Waals surface area contributed by atoms with Crippen molar-refractivity contribution in [2.24, 2.45) is 5.16 Å². The number of allylic oxidation sites excluding steroid dienone is 1. The van der Waals surface area contributed by atoms with Crippen molar-refractivity contribution >= 4 is 57.2 Å². The van der Waals surface area contributed by atoms with Crippen LogP contribution >= 0.6 is 11.3 Å². The summed E-state index contributed by atoms with van der Waals surface area (Å²) in [5.74, 6) is -3.56. The van der Waals surface area contributed by atoms with Crippen molar-refractivity contribution in [3.05, 3.63) is 68.6 Å². The predicted molar refractivity (Wildman–Crippen MR) is 158 cm³/mol. The highest BCUT2D eigenvalue weighted by atomic mass is 32.1.